The fourth-order valence-corrected chi connectivity index (χ4v) is 3.13. The summed E-state index contributed by atoms with van der Waals surface area (Å²) in [6.07, 6.45) is 1.08. The molecule has 1 aliphatic heterocycles. The second-order valence-corrected chi connectivity index (χ2v) is 7.99. The number of benzene rings is 1. The summed E-state index contributed by atoms with van der Waals surface area (Å²) in [4.78, 5) is 14.5. The number of β-amino-alcohol motifs (C(OH)–C–C–N with tert-alkyl or cyclic N) is 1. The zero-order valence-electron chi connectivity index (χ0n) is 16.0. The van der Waals surface area contributed by atoms with E-state index in [-0.39, 0.29) is 25.7 Å². The molecule has 0 bridgehead atoms. The molecule has 1 amide bonds. The summed E-state index contributed by atoms with van der Waals surface area (Å²) in [6, 6.07) is 8.22. The van der Waals surface area contributed by atoms with Gasteiger partial charge >= 0.3 is 0 Å². The number of amides is 1. The minimum absolute atomic E-state index is 0.00619. The first-order chi connectivity index (χ1) is 12.2. The Morgan fingerprint density at radius 1 is 1.23 bits per heavy atom. The second-order valence-electron chi connectivity index (χ2n) is 7.99. The number of piperidine rings is 1. The van der Waals surface area contributed by atoms with E-state index in [0.29, 0.717) is 31.8 Å². The minimum Gasteiger partial charge on any atom is -0.394 e. The van der Waals surface area contributed by atoms with E-state index in [2.05, 4.69) is 31.3 Å². The SMILES string of the molecule is CC(C)c1ccc(CN2CCC[C@](O)(CNC(C)(CO)CO)C2=O)cc1. The lowest BCUT2D eigenvalue weighted by Crippen LogP contribution is -2.61. The molecule has 1 aromatic rings. The number of likely N-dealkylation sites (tertiary alicyclic amines) is 1. The van der Waals surface area contributed by atoms with Gasteiger partial charge < -0.3 is 25.5 Å². The van der Waals surface area contributed by atoms with Gasteiger partial charge in [-0.25, -0.2) is 0 Å². The average molecular weight is 364 g/mol. The molecule has 6 nitrogen and oxygen atoms in total. The van der Waals surface area contributed by atoms with Crippen LogP contribution in [0.25, 0.3) is 0 Å². The standard InChI is InChI=1S/C20H32N2O4/c1-15(2)17-7-5-16(6-8-17)11-22-10-4-9-20(26,18(22)25)12-21-19(3,13-23)14-24/h5-8,15,21,23-24,26H,4,9-14H2,1-3H3/t20-/m0/s1. The second kappa shape index (κ2) is 8.48. The van der Waals surface area contributed by atoms with Gasteiger partial charge in [0.15, 0.2) is 5.60 Å². The molecule has 0 radical (unpaired) electrons. The molecular weight excluding hydrogens is 332 g/mol. The van der Waals surface area contributed by atoms with Gasteiger partial charge in [0.2, 0.25) is 0 Å². The Morgan fingerprint density at radius 3 is 2.38 bits per heavy atom. The summed E-state index contributed by atoms with van der Waals surface area (Å²) in [5, 5.41) is 32.5. The van der Waals surface area contributed by atoms with Crippen LogP contribution in [-0.4, -0.2) is 63.6 Å². The van der Waals surface area contributed by atoms with Crippen LogP contribution in [0.3, 0.4) is 0 Å². The average Bonchev–Trinajstić information content (AvgIpc) is 2.64. The van der Waals surface area contributed by atoms with E-state index >= 15 is 0 Å². The number of rotatable bonds is 8. The van der Waals surface area contributed by atoms with Gasteiger partial charge in [0.25, 0.3) is 5.91 Å². The zero-order valence-corrected chi connectivity index (χ0v) is 16.0. The van der Waals surface area contributed by atoms with Crippen LogP contribution in [-0.2, 0) is 11.3 Å². The van der Waals surface area contributed by atoms with Gasteiger partial charge in [0.1, 0.15) is 0 Å². The molecule has 1 saturated heterocycles. The van der Waals surface area contributed by atoms with Gasteiger partial charge in [0.05, 0.1) is 18.8 Å². The number of hydrogen-bond donors (Lipinski definition) is 4. The van der Waals surface area contributed by atoms with E-state index < -0.39 is 11.1 Å². The van der Waals surface area contributed by atoms with Gasteiger partial charge in [-0.3, -0.25) is 4.79 Å². The first kappa shape index (κ1) is 20.8. The summed E-state index contributed by atoms with van der Waals surface area (Å²) in [6.45, 7) is 6.47. The number of nitrogens with zero attached hydrogens (tertiary/aromatic N) is 1. The third-order valence-corrected chi connectivity index (χ3v) is 5.23. The van der Waals surface area contributed by atoms with Gasteiger partial charge in [-0.15, -0.1) is 0 Å². The zero-order chi connectivity index (χ0) is 19.4. The highest BCUT2D eigenvalue weighted by Crippen LogP contribution is 2.25. The monoisotopic (exact) mass is 364 g/mol. The van der Waals surface area contributed by atoms with Crippen molar-refractivity contribution in [1.29, 1.82) is 0 Å². The smallest absolute Gasteiger partial charge is 0.256 e. The van der Waals surface area contributed by atoms with E-state index in [9.17, 15) is 20.1 Å². The molecule has 146 valence electrons. The largest absolute Gasteiger partial charge is 0.394 e. The molecule has 1 aromatic carbocycles. The third kappa shape index (κ3) is 4.82. The molecule has 1 aliphatic rings. The van der Waals surface area contributed by atoms with Crippen molar-refractivity contribution >= 4 is 5.91 Å². The van der Waals surface area contributed by atoms with Gasteiger partial charge in [-0.05, 0) is 36.8 Å². The van der Waals surface area contributed by atoms with Crippen molar-refractivity contribution in [3.8, 4) is 0 Å². The van der Waals surface area contributed by atoms with Crippen molar-refractivity contribution in [1.82, 2.24) is 10.2 Å². The fourth-order valence-electron chi connectivity index (χ4n) is 3.13. The molecule has 6 heteroatoms. The van der Waals surface area contributed by atoms with E-state index in [4.69, 9.17) is 0 Å². The molecule has 2 rings (SSSR count). The van der Waals surface area contributed by atoms with E-state index in [1.54, 1.807) is 11.8 Å². The molecule has 0 aliphatic carbocycles. The number of aliphatic hydroxyl groups is 3. The van der Waals surface area contributed by atoms with Crippen molar-refractivity contribution in [3.63, 3.8) is 0 Å². The quantitative estimate of drug-likeness (QED) is 0.552. The Labute approximate surface area is 155 Å². The van der Waals surface area contributed by atoms with Crippen LogP contribution in [0.4, 0.5) is 0 Å². The first-order valence-corrected chi connectivity index (χ1v) is 9.30. The molecule has 1 fully saturated rings. The molecule has 1 heterocycles. The third-order valence-electron chi connectivity index (χ3n) is 5.23. The van der Waals surface area contributed by atoms with Gasteiger partial charge in [-0.2, -0.15) is 0 Å². The van der Waals surface area contributed by atoms with Crippen molar-refractivity contribution in [2.45, 2.75) is 57.2 Å². The fraction of sp³-hybridized carbons (Fsp3) is 0.650. The summed E-state index contributed by atoms with van der Waals surface area (Å²) >= 11 is 0. The van der Waals surface area contributed by atoms with Crippen molar-refractivity contribution < 1.29 is 20.1 Å². The Bertz CT molecular complexity index is 598. The molecule has 0 aromatic heterocycles. The molecule has 0 saturated carbocycles. The number of hydrogen-bond acceptors (Lipinski definition) is 5. The van der Waals surface area contributed by atoms with Gasteiger partial charge in [0, 0.05) is 19.6 Å². The maximum absolute atomic E-state index is 12.8. The Morgan fingerprint density at radius 2 is 1.85 bits per heavy atom. The van der Waals surface area contributed by atoms with Crippen LogP contribution < -0.4 is 5.32 Å². The summed E-state index contributed by atoms with van der Waals surface area (Å²) in [7, 11) is 0. The van der Waals surface area contributed by atoms with E-state index in [1.807, 2.05) is 12.1 Å². The number of carbonyl (C=O) groups is 1. The van der Waals surface area contributed by atoms with E-state index in [0.717, 1.165) is 5.56 Å². The Kier molecular flexibility index (Phi) is 6.80. The van der Waals surface area contributed by atoms with Crippen LogP contribution in [0.15, 0.2) is 24.3 Å². The van der Waals surface area contributed by atoms with Crippen LogP contribution in [0.5, 0.6) is 0 Å². The highest BCUT2D eigenvalue weighted by Gasteiger charge is 2.43. The highest BCUT2D eigenvalue weighted by molar-refractivity contribution is 5.86. The lowest BCUT2D eigenvalue weighted by molar-refractivity contribution is -0.158. The molecule has 4 N–H and O–H groups in total. The van der Waals surface area contributed by atoms with Crippen LogP contribution in [0.2, 0.25) is 0 Å². The number of nitrogens with one attached hydrogen (secondary N) is 1. The molecule has 26 heavy (non-hydrogen) atoms. The predicted molar refractivity (Wildman–Crippen MR) is 101 cm³/mol. The number of carbonyl (C=O) groups excluding carboxylic acids is 1. The number of aliphatic hydroxyl groups excluding tert-OH is 2. The van der Waals surface area contributed by atoms with Gasteiger partial charge in [-0.1, -0.05) is 38.1 Å². The summed E-state index contributed by atoms with van der Waals surface area (Å²) < 4.78 is 0. The summed E-state index contributed by atoms with van der Waals surface area (Å²) in [5.74, 6) is 0.159. The lowest BCUT2D eigenvalue weighted by Gasteiger charge is -2.40. The normalized spacial score (nSPS) is 21.5. The minimum atomic E-state index is -1.51. The maximum Gasteiger partial charge on any atom is 0.256 e. The van der Waals surface area contributed by atoms with Crippen molar-refractivity contribution in [2.24, 2.45) is 0 Å². The maximum atomic E-state index is 12.8. The summed E-state index contributed by atoms with van der Waals surface area (Å²) in [5.41, 5.74) is -0.144. The molecular formula is C20H32N2O4. The topological polar surface area (TPSA) is 93.0 Å². The molecule has 0 spiro atoms. The predicted octanol–water partition coefficient (Wildman–Crippen LogP) is 0.996. The Balaban J connectivity index is 2.03. The first-order valence-electron chi connectivity index (χ1n) is 9.30. The highest BCUT2D eigenvalue weighted by atomic mass is 16.3. The van der Waals surface area contributed by atoms with Crippen LogP contribution in [0.1, 0.15) is 50.7 Å². The van der Waals surface area contributed by atoms with E-state index in [1.165, 1.54) is 5.56 Å². The van der Waals surface area contributed by atoms with Crippen molar-refractivity contribution in [2.75, 3.05) is 26.3 Å². The molecule has 1 atom stereocenters. The van der Waals surface area contributed by atoms with Crippen LogP contribution in [0, 0.1) is 0 Å². The molecule has 0 unspecified atom stereocenters. The Hall–Kier alpha value is -1.47. The van der Waals surface area contributed by atoms with Crippen molar-refractivity contribution in [3.05, 3.63) is 35.4 Å². The van der Waals surface area contributed by atoms with Crippen LogP contribution >= 0.6 is 0 Å². The lowest BCUT2D eigenvalue weighted by atomic mass is 9.90.